The highest BCUT2D eigenvalue weighted by molar-refractivity contribution is 6.23. The molecule has 11 nitrogen and oxygen atoms in total. The Morgan fingerprint density at radius 2 is 1.64 bits per heavy atom. The highest BCUT2D eigenvalue weighted by Gasteiger charge is 2.54. The van der Waals surface area contributed by atoms with Crippen LogP contribution < -0.4 is 9.64 Å². The summed E-state index contributed by atoms with van der Waals surface area (Å²) in [5, 5.41) is 2.39. The van der Waals surface area contributed by atoms with E-state index in [2.05, 4.69) is 75.3 Å². The fourth-order valence-corrected chi connectivity index (χ4v) is 11.6. The van der Waals surface area contributed by atoms with Gasteiger partial charge in [0.15, 0.2) is 5.78 Å². The lowest BCUT2D eigenvalue weighted by Gasteiger charge is -2.62. The molecule has 11 heteroatoms. The molecule has 0 N–H and O–H groups in total. The van der Waals surface area contributed by atoms with Gasteiger partial charge in [0.25, 0.3) is 11.8 Å². The van der Waals surface area contributed by atoms with Crippen molar-refractivity contribution in [1.29, 1.82) is 0 Å². The smallest absolute Gasteiger partial charge is 0.262 e. The first-order valence-electron chi connectivity index (χ1n) is 22.5. The minimum atomic E-state index is -0.676. The van der Waals surface area contributed by atoms with Gasteiger partial charge >= 0.3 is 0 Å². The number of hydrogen-bond acceptors (Lipinski definition) is 9. The minimum absolute atomic E-state index is 0.0848. The van der Waals surface area contributed by atoms with E-state index >= 15 is 0 Å². The molecule has 5 fully saturated rings. The van der Waals surface area contributed by atoms with Crippen LogP contribution in [0.25, 0.3) is 32.9 Å². The van der Waals surface area contributed by atoms with Crippen molar-refractivity contribution in [1.82, 2.24) is 29.2 Å². The number of carbonyl (C=O) groups excluding carboxylic acids is 3. The van der Waals surface area contributed by atoms with Crippen molar-refractivity contribution >= 4 is 45.1 Å². The number of likely N-dealkylation sites (tertiary alicyclic amines) is 1. The van der Waals surface area contributed by atoms with Crippen molar-refractivity contribution in [3.8, 4) is 17.0 Å². The summed E-state index contributed by atoms with van der Waals surface area (Å²) in [5.74, 6) is 0.660. The number of aromatic nitrogens is 3. The number of ether oxygens (including phenoxy) is 1. The van der Waals surface area contributed by atoms with E-state index < -0.39 is 6.04 Å². The van der Waals surface area contributed by atoms with Crippen LogP contribution in [0.2, 0.25) is 0 Å². The van der Waals surface area contributed by atoms with Gasteiger partial charge in [-0.25, -0.2) is 4.98 Å². The van der Waals surface area contributed by atoms with Crippen LogP contribution in [0.1, 0.15) is 84.9 Å². The van der Waals surface area contributed by atoms with E-state index in [-0.39, 0.29) is 30.1 Å². The van der Waals surface area contributed by atoms with Gasteiger partial charge in [-0.3, -0.25) is 24.3 Å². The van der Waals surface area contributed by atoms with E-state index in [1.807, 2.05) is 36.8 Å². The molecule has 3 aliphatic carbocycles. The molecular weight excluding hydrogens is 763 g/mol. The van der Waals surface area contributed by atoms with Gasteiger partial charge in [-0.05, 0) is 112 Å². The SMILES string of the molecule is C=C1CCC(N2C(=O)c3ccc(N4CCC(CCN5CC6(CC(N(C)C7CC(Oc8ccc(-c9ccc%10c%11cnccc%11n(C)c%10c9)cn8)C7)C6)C5)CC4)cc3C2=O)C(=O)C1. The van der Waals surface area contributed by atoms with Crippen LogP contribution in [0, 0.1) is 11.3 Å². The second kappa shape index (κ2) is 14.9. The summed E-state index contributed by atoms with van der Waals surface area (Å²) >= 11 is 0. The van der Waals surface area contributed by atoms with Crippen LogP contribution in [0.5, 0.6) is 5.88 Å². The highest BCUT2D eigenvalue weighted by Crippen LogP contribution is 2.51. The molecule has 3 aliphatic heterocycles. The van der Waals surface area contributed by atoms with Crippen LogP contribution in [0.4, 0.5) is 5.69 Å². The number of hydrogen-bond donors (Lipinski definition) is 0. The number of allylic oxidation sites excluding steroid dienone is 1. The molecule has 3 aromatic heterocycles. The topological polar surface area (TPSA) is 104 Å². The lowest BCUT2D eigenvalue weighted by atomic mass is 9.59. The number of rotatable bonds is 10. The van der Waals surface area contributed by atoms with E-state index in [4.69, 9.17) is 9.72 Å². The summed E-state index contributed by atoms with van der Waals surface area (Å²) < 4.78 is 8.56. The second-order valence-corrected chi connectivity index (χ2v) is 19.2. The number of Topliss-reactive ketones (excluding diaryl/α,β-unsaturated/α-hetero) is 1. The van der Waals surface area contributed by atoms with Crippen molar-refractivity contribution < 1.29 is 19.1 Å². The quantitative estimate of drug-likeness (QED) is 0.104. The zero-order chi connectivity index (χ0) is 41.6. The highest BCUT2D eigenvalue weighted by atomic mass is 16.5. The van der Waals surface area contributed by atoms with Crippen LogP contribution in [0.3, 0.4) is 0 Å². The summed E-state index contributed by atoms with van der Waals surface area (Å²) in [6, 6.07) is 19.0. The van der Waals surface area contributed by atoms with E-state index in [1.54, 1.807) is 6.07 Å². The Balaban J connectivity index is 0.594. The lowest BCUT2D eigenvalue weighted by molar-refractivity contribution is -0.124. The number of aryl methyl sites for hydroxylation is 1. The van der Waals surface area contributed by atoms with Crippen LogP contribution >= 0.6 is 0 Å². The minimum Gasteiger partial charge on any atom is -0.474 e. The molecule has 61 heavy (non-hydrogen) atoms. The third kappa shape index (κ3) is 6.75. The molecule has 6 heterocycles. The summed E-state index contributed by atoms with van der Waals surface area (Å²) in [5.41, 5.74) is 7.84. The van der Waals surface area contributed by atoms with Gasteiger partial charge in [0.05, 0.1) is 22.7 Å². The van der Waals surface area contributed by atoms with E-state index in [0.717, 1.165) is 61.2 Å². The average Bonchev–Trinajstić information content (AvgIpc) is 3.65. The molecule has 2 saturated heterocycles. The fourth-order valence-electron chi connectivity index (χ4n) is 11.6. The van der Waals surface area contributed by atoms with Gasteiger partial charge in [-0.2, -0.15) is 0 Å². The standard InChI is InChI=1S/C50H55N7O4/c1-31-4-10-44(46(58)20-31)57-48(59)40-9-7-35(24-41(40)49(57)60)56-18-14-32(15-19-56)13-17-55-29-50(30-55)25-37(26-50)53(2)36-22-38(23-36)61-47-11-6-34(27-52-47)33-5-8-39-42-28-51-16-12-43(42)54(3)45(39)21-33/h5-9,11-12,16,21,24,27-28,32,36-38,44H,1,4,10,13-15,17-20,22-23,25-26,29-30H2,2-3H3. The number of piperidine rings is 1. The molecule has 11 rings (SSSR count). The van der Waals surface area contributed by atoms with Gasteiger partial charge in [-0.15, -0.1) is 0 Å². The third-order valence-electron chi connectivity index (χ3n) is 15.5. The first-order valence-corrected chi connectivity index (χ1v) is 22.5. The molecule has 0 bridgehead atoms. The van der Waals surface area contributed by atoms with Gasteiger partial charge in [0.2, 0.25) is 5.88 Å². The van der Waals surface area contributed by atoms with Crippen LogP contribution in [-0.2, 0) is 11.8 Å². The Hall–Kier alpha value is -5.39. The predicted molar refractivity (Wildman–Crippen MR) is 237 cm³/mol. The molecule has 3 saturated carbocycles. The molecule has 6 aliphatic rings. The molecule has 2 aromatic carbocycles. The Morgan fingerprint density at radius 3 is 2.41 bits per heavy atom. The van der Waals surface area contributed by atoms with E-state index in [0.29, 0.717) is 53.3 Å². The summed E-state index contributed by atoms with van der Waals surface area (Å²) in [7, 11) is 4.43. The largest absolute Gasteiger partial charge is 0.474 e. The monoisotopic (exact) mass is 817 g/mol. The maximum absolute atomic E-state index is 13.4. The summed E-state index contributed by atoms with van der Waals surface area (Å²) in [6.07, 6.45) is 15.6. The number of nitrogens with zero attached hydrogens (tertiary/aromatic N) is 7. The fraction of sp³-hybridized carbons (Fsp3) is 0.460. The first kappa shape index (κ1) is 38.5. The van der Waals surface area contributed by atoms with Crippen LogP contribution in [-0.4, -0.2) is 111 Å². The van der Waals surface area contributed by atoms with Gasteiger partial charge < -0.3 is 24.0 Å². The molecule has 0 radical (unpaired) electrons. The Kier molecular flexibility index (Phi) is 9.41. The van der Waals surface area contributed by atoms with E-state index in [1.165, 1.54) is 65.6 Å². The van der Waals surface area contributed by atoms with Crippen molar-refractivity contribution in [3.63, 3.8) is 0 Å². The first-order chi connectivity index (χ1) is 29.6. The van der Waals surface area contributed by atoms with Crippen molar-refractivity contribution in [2.45, 2.75) is 88.4 Å². The maximum atomic E-state index is 13.4. The molecular formula is C50H55N7O4. The lowest BCUT2D eigenvalue weighted by Crippen LogP contribution is -2.67. The number of pyridine rings is 2. The summed E-state index contributed by atoms with van der Waals surface area (Å²) in [4.78, 5) is 57.3. The molecule has 1 unspecified atom stereocenters. The molecule has 1 atom stereocenters. The number of anilines is 1. The zero-order valence-electron chi connectivity index (χ0n) is 35.4. The second-order valence-electron chi connectivity index (χ2n) is 19.2. The predicted octanol–water partition coefficient (Wildman–Crippen LogP) is 7.68. The van der Waals surface area contributed by atoms with Crippen molar-refractivity contribution in [2.24, 2.45) is 18.4 Å². The molecule has 2 amide bonds. The number of ketones is 1. The number of carbonyl (C=O) groups is 3. The van der Waals surface area contributed by atoms with Crippen molar-refractivity contribution in [3.05, 3.63) is 96.5 Å². The Labute approximate surface area is 357 Å². The number of amides is 2. The third-order valence-corrected chi connectivity index (χ3v) is 15.5. The average molecular weight is 818 g/mol. The van der Waals surface area contributed by atoms with Gasteiger partial charge in [-0.1, -0.05) is 24.3 Å². The molecule has 314 valence electrons. The molecule has 1 spiro atoms. The van der Waals surface area contributed by atoms with Gasteiger partial charge in [0.1, 0.15) is 6.10 Å². The number of imide groups is 1. The van der Waals surface area contributed by atoms with Crippen LogP contribution in [0.15, 0.2) is 85.3 Å². The number of benzene rings is 2. The Morgan fingerprint density at radius 1 is 0.852 bits per heavy atom. The summed E-state index contributed by atoms with van der Waals surface area (Å²) in [6.45, 7) is 9.49. The van der Waals surface area contributed by atoms with Crippen molar-refractivity contribution in [2.75, 3.05) is 44.7 Å². The molecule has 5 aromatic rings. The van der Waals surface area contributed by atoms with E-state index in [9.17, 15) is 14.4 Å². The normalized spacial score (nSPS) is 24.5. The zero-order valence-corrected chi connectivity index (χ0v) is 35.4. The Bertz CT molecular complexity index is 2570. The maximum Gasteiger partial charge on any atom is 0.262 e. The van der Waals surface area contributed by atoms with Gasteiger partial charge in [0, 0.05) is 117 Å². The number of fused-ring (bicyclic) bond motifs is 4.